The lowest BCUT2D eigenvalue weighted by atomic mass is 10.1. The predicted molar refractivity (Wildman–Crippen MR) is 55.8 cm³/mol. The van der Waals surface area contributed by atoms with E-state index in [1.807, 2.05) is 0 Å². The molecule has 0 atom stereocenters. The molecule has 0 fully saturated rings. The van der Waals surface area contributed by atoms with E-state index in [1.165, 1.54) is 19.4 Å². The van der Waals surface area contributed by atoms with Crippen LogP contribution in [-0.2, 0) is 4.74 Å². The van der Waals surface area contributed by atoms with E-state index < -0.39 is 11.8 Å². The van der Waals surface area contributed by atoms with Gasteiger partial charge in [0, 0.05) is 0 Å². The number of carbonyl (C=O) groups is 1. The molecule has 2 rings (SSSR count). The van der Waals surface area contributed by atoms with Gasteiger partial charge >= 0.3 is 5.97 Å². The fourth-order valence-corrected chi connectivity index (χ4v) is 1.47. The highest BCUT2D eigenvalue weighted by Crippen LogP contribution is 2.20. The molecule has 0 radical (unpaired) electrons. The predicted octanol–water partition coefficient (Wildman–Crippen LogP) is 2.21. The van der Waals surface area contributed by atoms with Crippen LogP contribution in [0.15, 0.2) is 18.3 Å². The van der Waals surface area contributed by atoms with Crippen LogP contribution in [0, 0.1) is 5.82 Å². The molecular weight excluding hydrogens is 235 g/mol. The highest BCUT2D eigenvalue weighted by molar-refractivity contribution is 6.29. The summed E-state index contributed by atoms with van der Waals surface area (Å²) in [4.78, 5) is 19.2. The summed E-state index contributed by atoms with van der Waals surface area (Å²) in [5, 5.41) is 0.176. The average molecular weight is 241 g/mol. The van der Waals surface area contributed by atoms with Crippen molar-refractivity contribution in [1.82, 2.24) is 9.97 Å². The van der Waals surface area contributed by atoms with E-state index in [9.17, 15) is 9.18 Å². The second-order valence-corrected chi connectivity index (χ2v) is 3.36. The normalized spacial score (nSPS) is 10.4. The van der Waals surface area contributed by atoms with Gasteiger partial charge < -0.3 is 4.74 Å². The van der Waals surface area contributed by atoms with Crippen LogP contribution in [0.25, 0.3) is 11.0 Å². The minimum absolute atomic E-state index is 0.135. The van der Waals surface area contributed by atoms with Crippen molar-refractivity contribution >= 4 is 28.6 Å². The Labute approximate surface area is 95.0 Å². The Morgan fingerprint density at radius 1 is 1.50 bits per heavy atom. The van der Waals surface area contributed by atoms with Crippen LogP contribution in [0.1, 0.15) is 10.4 Å². The second kappa shape index (κ2) is 4.02. The lowest BCUT2D eigenvalue weighted by molar-refractivity contribution is 0.0597. The first-order valence-electron chi connectivity index (χ1n) is 4.32. The lowest BCUT2D eigenvalue weighted by Crippen LogP contribution is -2.06. The van der Waals surface area contributed by atoms with E-state index in [2.05, 4.69) is 14.7 Å². The Bertz CT molecular complexity index is 574. The Balaban J connectivity index is 2.79. The number of ether oxygens (including phenoxy) is 1. The van der Waals surface area contributed by atoms with Gasteiger partial charge in [0.05, 0.1) is 18.8 Å². The average Bonchev–Trinajstić information content (AvgIpc) is 2.28. The molecule has 82 valence electrons. The van der Waals surface area contributed by atoms with Crippen molar-refractivity contribution in [2.75, 3.05) is 7.11 Å². The molecule has 0 aliphatic rings. The summed E-state index contributed by atoms with van der Waals surface area (Å²) in [6.07, 6.45) is 1.25. The van der Waals surface area contributed by atoms with Crippen LogP contribution in [0.2, 0.25) is 5.15 Å². The third kappa shape index (κ3) is 1.69. The molecule has 1 heterocycles. The summed E-state index contributed by atoms with van der Waals surface area (Å²) in [6, 6.07) is 2.52. The van der Waals surface area contributed by atoms with Crippen LogP contribution in [0.4, 0.5) is 4.39 Å². The summed E-state index contributed by atoms with van der Waals surface area (Å²) in [6.45, 7) is 0. The van der Waals surface area contributed by atoms with E-state index in [0.29, 0.717) is 5.52 Å². The standard InChI is InChI=1S/C10H6ClFN2O2/c1-16-10(15)8-5(12)2-3-6-9(8)13-4-7(11)14-6/h2-4H,1H3. The number of methoxy groups -OCH3 is 1. The third-order valence-corrected chi connectivity index (χ3v) is 2.20. The molecule has 1 aromatic carbocycles. The molecule has 0 spiro atoms. The highest BCUT2D eigenvalue weighted by Gasteiger charge is 2.18. The van der Waals surface area contributed by atoms with Gasteiger partial charge in [0.25, 0.3) is 0 Å². The third-order valence-electron chi connectivity index (χ3n) is 2.02. The van der Waals surface area contributed by atoms with Gasteiger partial charge in [-0.1, -0.05) is 11.6 Å². The summed E-state index contributed by atoms with van der Waals surface area (Å²) < 4.78 is 17.9. The van der Waals surface area contributed by atoms with Crippen molar-refractivity contribution in [1.29, 1.82) is 0 Å². The molecule has 0 saturated heterocycles. The first-order chi connectivity index (χ1) is 7.63. The van der Waals surface area contributed by atoms with Gasteiger partial charge in [-0.15, -0.1) is 0 Å². The number of benzene rings is 1. The Morgan fingerprint density at radius 2 is 2.25 bits per heavy atom. The van der Waals surface area contributed by atoms with E-state index in [1.54, 1.807) is 0 Å². The molecule has 0 aliphatic carbocycles. The molecule has 0 saturated carbocycles. The maximum Gasteiger partial charge on any atom is 0.343 e. The zero-order valence-electron chi connectivity index (χ0n) is 8.20. The van der Waals surface area contributed by atoms with Crippen molar-refractivity contribution < 1.29 is 13.9 Å². The lowest BCUT2D eigenvalue weighted by Gasteiger charge is -2.04. The topological polar surface area (TPSA) is 52.1 Å². The summed E-state index contributed by atoms with van der Waals surface area (Å²) in [7, 11) is 1.17. The molecule has 6 heteroatoms. The van der Waals surface area contributed by atoms with Crippen molar-refractivity contribution in [2.24, 2.45) is 0 Å². The van der Waals surface area contributed by atoms with Crippen molar-refractivity contribution in [2.45, 2.75) is 0 Å². The minimum atomic E-state index is -0.792. The summed E-state index contributed by atoms with van der Waals surface area (Å²) in [5.74, 6) is -1.49. The van der Waals surface area contributed by atoms with Gasteiger partial charge in [-0.2, -0.15) is 0 Å². The number of rotatable bonds is 1. The molecule has 0 N–H and O–H groups in total. The van der Waals surface area contributed by atoms with Crippen LogP contribution in [0.5, 0.6) is 0 Å². The van der Waals surface area contributed by atoms with Crippen LogP contribution < -0.4 is 0 Å². The summed E-state index contributed by atoms with van der Waals surface area (Å²) in [5.41, 5.74) is 0.245. The van der Waals surface area contributed by atoms with Crippen molar-refractivity contribution in [3.8, 4) is 0 Å². The number of carbonyl (C=O) groups excluding carboxylic acids is 1. The smallest absolute Gasteiger partial charge is 0.343 e. The van der Waals surface area contributed by atoms with Gasteiger partial charge in [0.1, 0.15) is 22.1 Å². The number of esters is 1. The molecular formula is C10H6ClFN2O2. The number of nitrogens with zero attached hydrogens (tertiary/aromatic N) is 2. The summed E-state index contributed by atoms with van der Waals surface area (Å²) >= 11 is 5.64. The Morgan fingerprint density at radius 3 is 2.94 bits per heavy atom. The van der Waals surface area contributed by atoms with Crippen LogP contribution >= 0.6 is 11.6 Å². The number of hydrogen-bond acceptors (Lipinski definition) is 4. The van der Waals surface area contributed by atoms with Crippen molar-refractivity contribution in [3.63, 3.8) is 0 Å². The fraction of sp³-hybridized carbons (Fsp3) is 0.100. The molecule has 0 bridgehead atoms. The maximum absolute atomic E-state index is 13.5. The van der Waals surface area contributed by atoms with Gasteiger partial charge in [0.15, 0.2) is 0 Å². The molecule has 16 heavy (non-hydrogen) atoms. The van der Waals surface area contributed by atoms with E-state index >= 15 is 0 Å². The van der Waals surface area contributed by atoms with Gasteiger partial charge in [-0.05, 0) is 12.1 Å². The second-order valence-electron chi connectivity index (χ2n) is 2.97. The zero-order valence-corrected chi connectivity index (χ0v) is 8.95. The highest BCUT2D eigenvalue weighted by atomic mass is 35.5. The number of halogens is 2. The van der Waals surface area contributed by atoms with E-state index in [4.69, 9.17) is 11.6 Å². The SMILES string of the molecule is COC(=O)c1c(F)ccc2nc(Cl)cnc12. The number of fused-ring (bicyclic) bond motifs is 1. The van der Waals surface area contributed by atoms with Gasteiger partial charge in [-0.3, -0.25) is 4.98 Å². The number of aromatic nitrogens is 2. The number of hydrogen-bond donors (Lipinski definition) is 0. The monoisotopic (exact) mass is 240 g/mol. The van der Waals surface area contributed by atoms with E-state index in [-0.39, 0.29) is 16.2 Å². The maximum atomic E-state index is 13.5. The van der Waals surface area contributed by atoms with Gasteiger partial charge in [-0.25, -0.2) is 14.2 Å². The zero-order chi connectivity index (χ0) is 11.7. The Kier molecular flexibility index (Phi) is 2.70. The first-order valence-corrected chi connectivity index (χ1v) is 4.70. The molecule has 2 aromatic rings. The van der Waals surface area contributed by atoms with Crippen LogP contribution in [0.3, 0.4) is 0 Å². The molecule has 0 amide bonds. The van der Waals surface area contributed by atoms with E-state index in [0.717, 1.165) is 6.07 Å². The largest absolute Gasteiger partial charge is 0.465 e. The van der Waals surface area contributed by atoms with Crippen LogP contribution in [-0.4, -0.2) is 23.0 Å². The fourth-order valence-electron chi connectivity index (χ4n) is 1.33. The molecule has 0 aliphatic heterocycles. The minimum Gasteiger partial charge on any atom is -0.465 e. The first kappa shape index (κ1) is 10.8. The Hall–Kier alpha value is -1.75. The van der Waals surface area contributed by atoms with Crippen molar-refractivity contribution in [3.05, 3.63) is 34.9 Å². The van der Waals surface area contributed by atoms with Gasteiger partial charge in [0.2, 0.25) is 0 Å². The molecule has 0 unspecified atom stereocenters. The molecule has 4 nitrogen and oxygen atoms in total. The molecule has 1 aromatic heterocycles. The quantitative estimate of drug-likeness (QED) is 0.717.